The predicted octanol–water partition coefficient (Wildman–Crippen LogP) is 5.56. The number of ether oxygens (including phenoxy) is 2. The van der Waals surface area contributed by atoms with Gasteiger partial charge in [-0.15, -0.1) is 12.4 Å². The van der Waals surface area contributed by atoms with Crippen LogP contribution in [-0.4, -0.2) is 55.2 Å². The van der Waals surface area contributed by atoms with Gasteiger partial charge in [0.1, 0.15) is 13.2 Å². The average molecular weight is 512 g/mol. The van der Waals surface area contributed by atoms with Crippen molar-refractivity contribution >= 4 is 55.8 Å². The number of aromatic nitrogens is 1. The maximum atomic E-state index is 13.7. The molecule has 8 heteroatoms. The second kappa shape index (κ2) is 11.2. The first-order valence-electron chi connectivity index (χ1n) is 11.9. The van der Waals surface area contributed by atoms with Gasteiger partial charge in [0.05, 0.1) is 16.6 Å². The van der Waals surface area contributed by atoms with E-state index in [1.807, 2.05) is 41.3 Å². The van der Waals surface area contributed by atoms with Crippen LogP contribution in [0.3, 0.4) is 0 Å². The third kappa shape index (κ3) is 5.37. The van der Waals surface area contributed by atoms with Gasteiger partial charge in [-0.25, -0.2) is 4.98 Å². The molecule has 0 aliphatic carbocycles. The van der Waals surface area contributed by atoms with E-state index in [-0.39, 0.29) is 18.3 Å². The Labute approximate surface area is 215 Å². The van der Waals surface area contributed by atoms with Crippen LogP contribution >= 0.6 is 23.7 Å². The zero-order valence-electron chi connectivity index (χ0n) is 20.0. The lowest BCUT2D eigenvalue weighted by molar-refractivity contribution is -0.118. The molecule has 1 aliphatic rings. The second-order valence-corrected chi connectivity index (χ2v) is 9.36. The zero-order chi connectivity index (χ0) is 23.5. The number of amides is 1. The van der Waals surface area contributed by atoms with Crippen LogP contribution < -0.4 is 14.4 Å². The van der Waals surface area contributed by atoms with Gasteiger partial charge in [0, 0.05) is 25.2 Å². The van der Waals surface area contributed by atoms with Gasteiger partial charge in [0.25, 0.3) is 0 Å². The molecule has 3 aromatic carbocycles. The van der Waals surface area contributed by atoms with Gasteiger partial charge in [-0.1, -0.05) is 67.6 Å². The van der Waals surface area contributed by atoms with Crippen molar-refractivity contribution in [1.82, 2.24) is 9.88 Å². The first-order valence-corrected chi connectivity index (χ1v) is 12.7. The zero-order valence-corrected chi connectivity index (χ0v) is 21.7. The molecular weight excluding hydrogens is 482 g/mol. The highest BCUT2D eigenvalue weighted by Crippen LogP contribution is 2.39. The quantitative estimate of drug-likeness (QED) is 0.310. The molecule has 5 rings (SSSR count). The van der Waals surface area contributed by atoms with E-state index in [1.54, 1.807) is 0 Å². The lowest BCUT2D eigenvalue weighted by Gasteiger charge is -2.25. The molecule has 0 spiro atoms. The van der Waals surface area contributed by atoms with Gasteiger partial charge in [-0.05, 0) is 29.4 Å². The van der Waals surface area contributed by atoms with Gasteiger partial charge >= 0.3 is 0 Å². The second-order valence-electron chi connectivity index (χ2n) is 8.35. The smallest absolute Gasteiger partial charge is 0.233 e. The lowest BCUT2D eigenvalue weighted by Crippen LogP contribution is -2.39. The molecule has 2 heterocycles. The molecule has 0 unspecified atom stereocenters. The highest BCUT2D eigenvalue weighted by atomic mass is 35.5. The van der Waals surface area contributed by atoms with Gasteiger partial charge < -0.3 is 14.4 Å². The van der Waals surface area contributed by atoms with E-state index in [4.69, 9.17) is 14.5 Å². The molecule has 1 aromatic heterocycles. The molecule has 0 fully saturated rings. The number of hydrogen-bond donors (Lipinski definition) is 0. The van der Waals surface area contributed by atoms with Crippen molar-refractivity contribution in [1.29, 1.82) is 0 Å². The summed E-state index contributed by atoms with van der Waals surface area (Å²) in [7, 11) is 0. The van der Waals surface area contributed by atoms with Gasteiger partial charge in [-0.2, -0.15) is 0 Å². The number of fused-ring (bicyclic) bond motifs is 3. The van der Waals surface area contributed by atoms with Crippen LogP contribution in [0.5, 0.6) is 11.5 Å². The Balaban J connectivity index is 0.00000289. The summed E-state index contributed by atoms with van der Waals surface area (Å²) in [6.07, 6.45) is 0.332. The van der Waals surface area contributed by atoms with Crippen molar-refractivity contribution in [2.24, 2.45) is 0 Å². The lowest BCUT2D eigenvalue weighted by atomic mass is 10.0. The Hall–Kier alpha value is -2.87. The van der Waals surface area contributed by atoms with Gasteiger partial charge in [0.2, 0.25) is 5.91 Å². The Kier molecular flexibility index (Phi) is 8.11. The minimum Gasteiger partial charge on any atom is -0.486 e. The normalized spacial score (nSPS) is 12.7. The summed E-state index contributed by atoms with van der Waals surface area (Å²) < 4.78 is 12.5. The molecular formula is C27H30ClN3O3S. The van der Waals surface area contributed by atoms with Gasteiger partial charge in [-0.3, -0.25) is 9.69 Å². The maximum absolute atomic E-state index is 13.7. The fourth-order valence-corrected chi connectivity index (χ4v) is 5.40. The number of carbonyl (C=O) groups is 1. The predicted molar refractivity (Wildman–Crippen MR) is 146 cm³/mol. The summed E-state index contributed by atoms with van der Waals surface area (Å²) in [5.74, 6) is 1.51. The van der Waals surface area contributed by atoms with E-state index in [9.17, 15) is 4.79 Å². The third-order valence-corrected chi connectivity index (χ3v) is 7.37. The van der Waals surface area contributed by atoms with Crippen molar-refractivity contribution in [2.75, 3.05) is 44.3 Å². The fraction of sp³-hybridized carbons (Fsp3) is 0.333. The molecule has 0 N–H and O–H groups in total. The monoisotopic (exact) mass is 511 g/mol. The SMILES string of the molecule is CCN(CC)CCN(C(=O)Cc1cccc2ccccc12)c1nc2cc3c(cc2s1)OCCO3.Cl. The summed E-state index contributed by atoms with van der Waals surface area (Å²) in [6, 6.07) is 18.3. The standard InChI is InChI=1S/C27H29N3O3S.ClH/c1-3-29(4-2)12-13-30(26(31)16-20-10-7-9-19-8-5-6-11-21(19)20)27-28-22-17-23-24(18-25(22)34-27)33-15-14-32-23;/h5-11,17-18H,3-4,12-16H2,1-2H3;1H. The number of rotatable bonds is 8. The molecule has 0 bridgehead atoms. The first-order chi connectivity index (χ1) is 16.7. The number of anilines is 1. The molecule has 1 amide bonds. The van der Waals surface area contributed by atoms with Crippen LogP contribution in [0, 0.1) is 0 Å². The molecule has 0 saturated carbocycles. The Morgan fingerprint density at radius 1 is 0.971 bits per heavy atom. The number of thiazole rings is 1. The van der Waals surface area contributed by atoms with Crippen molar-refractivity contribution in [3.05, 3.63) is 60.2 Å². The summed E-state index contributed by atoms with van der Waals surface area (Å²) in [4.78, 5) is 22.7. The average Bonchev–Trinajstić information content (AvgIpc) is 3.27. The van der Waals surface area contributed by atoms with Crippen LogP contribution in [0.15, 0.2) is 54.6 Å². The Bertz CT molecular complexity index is 1270. The fourth-order valence-electron chi connectivity index (χ4n) is 4.38. The molecule has 184 valence electrons. The largest absolute Gasteiger partial charge is 0.486 e. The number of hydrogen-bond acceptors (Lipinski definition) is 6. The van der Waals surface area contributed by atoms with Crippen molar-refractivity contribution < 1.29 is 14.3 Å². The van der Waals surface area contributed by atoms with E-state index in [1.165, 1.54) is 11.3 Å². The number of benzene rings is 3. The van der Waals surface area contributed by atoms with E-state index in [0.29, 0.717) is 31.9 Å². The maximum Gasteiger partial charge on any atom is 0.233 e. The van der Waals surface area contributed by atoms with E-state index >= 15 is 0 Å². The van der Waals surface area contributed by atoms with Crippen LogP contribution in [-0.2, 0) is 11.2 Å². The molecule has 0 saturated heterocycles. The number of likely N-dealkylation sites (N-methyl/N-ethyl adjacent to an activating group) is 1. The van der Waals surface area contributed by atoms with Crippen LogP contribution in [0.25, 0.3) is 21.0 Å². The van der Waals surface area contributed by atoms with Crippen LogP contribution in [0.2, 0.25) is 0 Å². The number of carbonyl (C=O) groups excluding carboxylic acids is 1. The van der Waals surface area contributed by atoms with Crippen molar-refractivity contribution in [3.8, 4) is 11.5 Å². The Morgan fingerprint density at radius 2 is 1.69 bits per heavy atom. The highest BCUT2D eigenvalue weighted by Gasteiger charge is 2.23. The molecule has 4 aromatic rings. The summed E-state index contributed by atoms with van der Waals surface area (Å²) >= 11 is 1.53. The summed E-state index contributed by atoms with van der Waals surface area (Å²) in [6.45, 7) is 8.66. The minimum atomic E-state index is 0. The number of nitrogens with zero attached hydrogens (tertiary/aromatic N) is 3. The highest BCUT2D eigenvalue weighted by molar-refractivity contribution is 7.22. The molecule has 0 atom stereocenters. The third-order valence-electron chi connectivity index (χ3n) is 6.33. The molecule has 0 radical (unpaired) electrons. The van der Waals surface area contributed by atoms with Crippen LogP contribution in [0.4, 0.5) is 5.13 Å². The number of halogens is 1. The minimum absolute atomic E-state index is 0. The molecule has 1 aliphatic heterocycles. The van der Waals surface area contributed by atoms with Crippen molar-refractivity contribution in [3.63, 3.8) is 0 Å². The molecule has 35 heavy (non-hydrogen) atoms. The van der Waals surface area contributed by atoms with Crippen LogP contribution in [0.1, 0.15) is 19.4 Å². The van der Waals surface area contributed by atoms with Crippen molar-refractivity contribution in [2.45, 2.75) is 20.3 Å². The van der Waals surface area contributed by atoms with E-state index < -0.39 is 0 Å². The summed E-state index contributed by atoms with van der Waals surface area (Å²) in [5.41, 5.74) is 1.87. The van der Waals surface area contributed by atoms with E-state index in [0.717, 1.165) is 57.1 Å². The topological polar surface area (TPSA) is 54.9 Å². The summed E-state index contributed by atoms with van der Waals surface area (Å²) in [5, 5.41) is 2.98. The first kappa shape index (κ1) is 25.2. The Morgan fingerprint density at radius 3 is 2.46 bits per heavy atom. The van der Waals surface area contributed by atoms with E-state index in [2.05, 4.69) is 36.9 Å². The van der Waals surface area contributed by atoms with Gasteiger partial charge in [0.15, 0.2) is 16.6 Å². The molecule has 6 nitrogen and oxygen atoms in total.